The largest absolute Gasteiger partial charge is 0.263 e. The fourth-order valence-corrected chi connectivity index (χ4v) is 2.74. The van der Waals surface area contributed by atoms with Crippen molar-refractivity contribution in [1.82, 2.24) is 4.98 Å². The first-order chi connectivity index (χ1) is 7.60. The van der Waals surface area contributed by atoms with Gasteiger partial charge in [-0.1, -0.05) is 18.2 Å². The molecule has 4 heteroatoms. The molecule has 1 aromatic heterocycles. The van der Waals surface area contributed by atoms with Gasteiger partial charge in [0, 0.05) is 12.4 Å². The van der Waals surface area contributed by atoms with E-state index in [0.717, 1.165) is 5.56 Å². The number of aryl methyl sites for hydroxylation is 1. The second kappa shape index (κ2) is 4.06. The van der Waals surface area contributed by atoms with Gasteiger partial charge >= 0.3 is 0 Å². The summed E-state index contributed by atoms with van der Waals surface area (Å²) in [4.78, 5) is 4.43. The average Bonchev–Trinajstić information content (AvgIpc) is 2.30. The highest BCUT2D eigenvalue weighted by Crippen LogP contribution is 2.19. The van der Waals surface area contributed by atoms with Gasteiger partial charge in [-0.15, -0.1) is 0 Å². The molecule has 0 radical (unpaired) electrons. The van der Waals surface area contributed by atoms with Crippen LogP contribution in [0.2, 0.25) is 0 Å². The number of benzene rings is 1. The van der Waals surface area contributed by atoms with Gasteiger partial charge in [0.1, 0.15) is 0 Å². The fourth-order valence-electron chi connectivity index (χ4n) is 1.41. The molecule has 0 fully saturated rings. The number of hydrogen-bond acceptors (Lipinski definition) is 3. The zero-order valence-corrected chi connectivity index (χ0v) is 9.61. The molecule has 0 N–H and O–H groups in total. The lowest BCUT2D eigenvalue weighted by atomic mass is 10.3. The van der Waals surface area contributed by atoms with Crippen LogP contribution in [0.1, 0.15) is 5.56 Å². The third-order valence-corrected chi connectivity index (χ3v) is 3.95. The molecule has 0 aliphatic heterocycles. The highest BCUT2D eigenvalue weighted by atomic mass is 32.2. The van der Waals surface area contributed by atoms with Gasteiger partial charge in [-0.2, -0.15) is 0 Å². The first kappa shape index (κ1) is 10.8. The molecule has 2 aromatic rings. The number of hydrogen-bond donors (Lipinski definition) is 0. The Kier molecular flexibility index (Phi) is 2.75. The van der Waals surface area contributed by atoms with Crippen molar-refractivity contribution < 1.29 is 8.42 Å². The summed E-state index contributed by atoms with van der Waals surface area (Å²) in [6.07, 6.45) is 3.00. The Morgan fingerprint density at radius 2 is 1.69 bits per heavy atom. The van der Waals surface area contributed by atoms with Crippen LogP contribution in [-0.2, 0) is 9.84 Å². The summed E-state index contributed by atoms with van der Waals surface area (Å²) in [6, 6.07) is 9.98. The monoisotopic (exact) mass is 233 g/mol. The highest BCUT2D eigenvalue weighted by Gasteiger charge is 2.17. The van der Waals surface area contributed by atoms with E-state index in [4.69, 9.17) is 0 Å². The molecule has 2 rings (SSSR count). The van der Waals surface area contributed by atoms with Gasteiger partial charge in [0.25, 0.3) is 0 Å². The van der Waals surface area contributed by atoms with Crippen LogP contribution >= 0.6 is 0 Å². The SMILES string of the molecule is Cc1cncc(S(=O)(=O)c2ccccc2)c1. The topological polar surface area (TPSA) is 47.0 Å². The van der Waals surface area contributed by atoms with Crippen molar-refractivity contribution >= 4 is 9.84 Å². The van der Waals surface area contributed by atoms with Crippen molar-refractivity contribution in [3.05, 3.63) is 54.4 Å². The van der Waals surface area contributed by atoms with E-state index in [1.807, 2.05) is 6.92 Å². The predicted molar refractivity (Wildman–Crippen MR) is 60.9 cm³/mol. The fraction of sp³-hybridized carbons (Fsp3) is 0.0833. The van der Waals surface area contributed by atoms with Crippen LogP contribution < -0.4 is 0 Å². The van der Waals surface area contributed by atoms with E-state index in [1.54, 1.807) is 42.6 Å². The van der Waals surface area contributed by atoms with Gasteiger partial charge in [0.2, 0.25) is 9.84 Å². The average molecular weight is 233 g/mol. The molecule has 1 heterocycles. The first-order valence-electron chi connectivity index (χ1n) is 4.82. The quantitative estimate of drug-likeness (QED) is 0.799. The summed E-state index contributed by atoms with van der Waals surface area (Å²) in [7, 11) is -3.42. The number of sulfone groups is 1. The van der Waals surface area contributed by atoms with Crippen LogP contribution in [0, 0.1) is 6.92 Å². The molecule has 0 spiro atoms. The van der Waals surface area contributed by atoms with Crippen LogP contribution in [0.25, 0.3) is 0 Å². The number of rotatable bonds is 2. The summed E-state index contributed by atoms with van der Waals surface area (Å²) in [6.45, 7) is 1.82. The van der Waals surface area contributed by atoms with E-state index in [1.165, 1.54) is 6.20 Å². The minimum absolute atomic E-state index is 0.235. The van der Waals surface area contributed by atoms with Crippen molar-refractivity contribution in [3.8, 4) is 0 Å². The van der Waals surface area contributed by atoms with E-state index in [2.05, 4.69) is 4.98 Å². The molecular formula is C12H11NO2S. The highest BCUT2D eigenvalue weighted by molar-refractivity contribution is 7.91. The molecular weight excluding hydrogens is 222 g/mol. The summed E-state index contributed by atoms with van der Waals surface area (Å²) in [5, 5.41) is 0. The molecule has 0 saturated heterocycles. The molecule has 0 aliphatic carbocycles. The number of nitrogens with zero attached hydrogens (tertiary/aromatic N) is 1. The Labute approximate surface area is 94.7 Å². The molecule has 82 valence electrons. The summed E-state index contributed by atoms with van der Waals surface area (Å²) >= 11 is 0. The molecule has 0 bridgehead atoms. The van der Waals surface area contributed by atoms with Crippen LogP contribution in [0.3, 0.4) is 0 Å². The van der Waals surface area contributed by atoms with Crippen LogP contribution in [-0.4, -0.2) is 13.4 Å². The molecule has 0 atom stereocenters. The van der Waals surface area contributed by atoms with Gasteiger partial charge in [-0.3, -0.25) is 4.98 Å². The second-order valence-electron chi connectivity index (χ2n) is 3.51. The maximum absolute atomic E-state index is 12.1. The zero-order valence-electron chi connectivity index (χ0n) is 8.79. The molecule has 0 aliphatic rings. The summed E-state index contributed by atoms with van der Waals surface area (Å²) in [5.74, 6) is 0. The minimum atomic E-state index is -3.42. The van der Waals surface area contributed by atoms with Crippen molar-refractivity contribution in [2.45, 2.75) is 16.7 Å². The van der Waals surface area contributed by atoms with Crippen molar-refractivity contribution in [2.75, 3.05) is 0 Å². The van der Waals surface area contributed by atoms with Crippen molar-refractivity contribution in [1.29, 1.82) is 0 Å². The maximum Gasteiger partial charge on any atom is 0.208 e. The lowest BCUT2D eigenvalue weighted by Gasteiger charge is -2.04. The molecule has 0 saturated carbocycles. The van der Waals surface area contributed by atoms with Gasteiger partial charge < -0.3 is 0 Å². The summed E-state index contributed by atoms with van der Waals surface area (Å²) < 4.78 is 24.3. The molecule has 3 nitrogen and oxygen atoms in total. The Morgan fingerprint density at radius 1 is 1.00 bits per heavy atom. The van der Waals surface area contributed by atoms with Gasteiger partial charge in [-0.05, 0) is 30.7 Å². The number of pyridine rings is 1. The van der Waals surface area contributed by atoms with Gasteiger partial charge in [-0.25, -0.2) is 8.42 Å². The van der Waals surface area contributed by atoms with Crippen LogP contribution in [0.5, 0.6) is 0 Å². The molecule has 16 heavy (non-hydrogen) atoms. The molecule has 1 aromatic carbocycles. The van der Waals surface area contributed by atoms with E-state index in [9.17, 15) is 8.42 Å². The minimum Gasteiger partial charge on any atom is -0.263 e. The number of aromatic nitrogens is 1. The van der Waals surface area contributed by atoms with E-state index >= 15 is 0 Å². The smallest absolute Gasteiger partial charge is 0.208 e. The molecule has 0 amide bonds. The van der Waals surface area contributed by atoms with Gasteiger partial charge in [0.05, 0.1) is 9.79 Å². The zero-order chi connectivity index (χ0) is 11.6. The Balaban J connectivity index is 2.56. The van der Waals surface area contributed by atoms with Gasteiger partial charge in [0.15, 0.2) is 0 Å². The Bertz CT molecular complexity index is 591. The Morgan fingerprint density at radius 3 is 2.31 bits per heavy atom. The van der Waals surface area contributed by atoms with E-state index in [-0.39, 0.29) is 4.90 Å². The standard InChI is InChI=1S/C12H11NO2S/c1-10-7-12(9-13-8-10)16(14,15)11-5-3-2-4-6-11/h2-9H,1H3. The predicted octanol–water partition coefficient (Wildman–Crippen LogP) is 2.22. The third kappa shape index (κ3) is 1.97. The normalized spacial score (nSPS) is 11.3. The lowest BCUT2D eigenvalue weighted by Crippen LogP contribution is -2.02. The first-order valence-corrected chi connectivity index (χ1v) is 6.31. The lowest BCUT2D eigenvalue weighted by molar-refractivity contribution is 0.595. The van der Waals surface area contributed by atoms with E-state index in [0.29, 0.717) is 4.90 Å². The van der Waals surface area contributed by atoms with Crippen LogP contribution in [0.4, 0.5) is 0 Å². The van der Waals surface area contributed by atoms with Crippen molar-refractivity contribution in [3.63, 3.8) is 0 Å². The van der Waals surface area contributed by atoms with E-state index < -0.39 is 9.84 Å². The van der Waals surface area contributed by atoms with Crippen molar-refractivity contribution in [2.24, 2.45) is 0 Å². The molecule has 0 unspecified atom stereocenters. The summed E-state index contributed by atoms with van der Waals surface area (Å²) in [5.41, 5.74) is 0.831. The second-order valence-corrected chi connectivity index (χ2v) is 5.46. The van der Waals surface area contributed by atoms with Crippen LogP contribution in [0.15, 0.2) is 58.6 Å². The maximum atomic E-state index is 12.1. The third-order valence-electron chi connectivity index (χ3n) is 2.21. The Hall–Kier alpha value is -1.68.